The lowest BCUT2D eigenvalue weighted by Gasteiger charge is -2.42. The highest BCUT2D eigenvalue weighted by Gasteiger charge is 2.39. The third-order valence-corrected chi connectivity index (χ3v) is 4.53. The molecule has 0 saturated carbocycles. The predicted molar refractivity (Wildman–Crippen MR) is 81.8 cm³/mol. The van der Waals surface area contributed by atoms with Gasteiger partial charge in [-0.3, -0.25) is 9.69 Å². The van der Waals surface area contributed by atoms with E-state index in [9.17, 15) is 4.79 Å². The average Bonchev–Trinajstić information content (AvgIpc) is 2.49. The summed E-state index contributed by atoms with van der Waals surface area (Å²) in [4.78, 5) is 19.5. The number of nitrogens with zero attached hydrogens (tertiary/aromatic N) is 2. The van der Waals surface area contributed by atoms with E-state index in [0.29, 0.717) is 11.4 Å². The van der Waals surface area contributed by atoms with Crippen molar-refractivity contribution in [3.8, 4) is 0 Å². The van der Waals surface area contributed by atoms with E-state index in [2.05, 4.69) is 16.8 Å². The van der Waals surface area contributed by atoms with Crippen LogP contribution in [0.1, 0.15) is 55.5 Å². The van der Waals surface area contributed by atoms with Crippen LogP contribution in [0.2, 0.25) is 0 Å². The van der Waals surface area contributed by atoms with Crippen LogP contribution in [-0.2, 0) is 0 Å². The quantitative estimate of drug-likeness (QED) is 0.858. The van der Waals surface area contributed by atoms with Crippen LogP contribution in [0, 0.1) is 6.92 Å². The summed E-state index contributed by atoms with van der Waals surface area (Å²) in [6.45, 7) is 8.05. The van der Waals surface area contributed by atoms with Crippen molar-refractivity contribution in [3.05, 3.63) is 23.4 Å². The Hall–Kier alpha value is -1.42. The molecule has 20 heavy (non-hydrogen) atoms. The molecule has 2 heterocycles. The first-order chi connectivity index (χ1) is 9.49. The molecule has 1 atom stereocenters. The minimum absolute atomic E-state index is 0.107. The van der Waals surface area contributed by atoms with Crippen molar-refractivity contribution in [2.45, 2.75) is 52.0 Å². The maximum Gasteiger partial charge on any atom is 0.186 e. The number of ketones is 1. The van der Waals surface area contributed by atoms with Gasteiger partial charge in [0.15, 0.2) is 5.78 Å². The van der Waals surface area contributed by atoms with Crippen molar-refractivity contribution < 1.29 is 4.79 Å². The summed E-state index contributed by atoms with van der Waals surface area (Å²) >= 11 is 0. The number of anilines is 1. The number of carbonyl (C=O) groups excluding carboxylic acids is 1. The Morgan fingerprint density at radius 2 is 2.05 bits per heavy atom. The molecular formula is C16H25N3O. The summed E-state index contributed by atoms with van der Waals surface area (Å²) in [5.74, 6) is 0.452. The molecule has 1 unspecified atom stereocenters. The fraction of sp³-hybridized carbons (Fsp3) is 0.625. The molecule has 2 N–H and O–H groups in total. The SMILES string of the molecule is CCC(C)(C(=O)c1cc(C)cnc1N)N1CCCCC1. The van der Waals surface area contributed by atoms with E-state index in [1.807, 2.05) is 19.9 Å². The Morgan fingerprint density at radius 3 is 2.65 bits per heavy atom. The number of hydrogen-bond donors (Lipinski definition) is 1. The number of likely N-dealkylation sites (tertiary alicyclic amines) is 1. The van der Waals surface area contributed by atoms with Gasteiger partial charge in [0.1, 0.15) is 5.82 Å². The normalized spacial score (nSPS) is 19.6. The number of pyridine rings is 1. The van der Waals surface area contributed by atoms with Gasteiger partial charge >= 0.3 is 0 Å². The van der Waals surface area contributed by atoms with Crippen LogP contribution >= 0.6 is 0 Å². The number of piperidine rings is 1. The number of nitrogens with two attached hydrogens (primary N) is 1. The molecule has 0 amide bonds. The second-order valence-electron chi connectivity index (χ2n) is 5.95. The first-order valence-electron chi connectivity index (χ1n) is 7.51. The zero-order valence-electron chi connectivity index (χ0n) is 12.8. The van der Waals surface area contributed by atoms with E-state index in [-0.39, 0.29) is 5.78 Å². The highest BCUT2D eigenvalue weighted by Crippen LogP contribution is 2.29. The first kappa shape index (κ1) is 15.0. The predicted octanol–water partition coefficient (Wildman–Crippen LogP) is 2.81. The molecule has 1 aliphatic heterocycles. The van der Waals surface area contributed by atoms with Crippen molar-refractivity contribution in [3.63, 3.8) is 0 Å². The molecule has 1 aromatic heterocycles. The molecule has 0 aliphatic carbocycles. The van der Waals surface area contributed by atoms with Gasteiger partial charge in [0, 0.05) is 6.20 Å². The zero-order valence-corrected chi connectivity index (χ0v) is 12.8. The first-order valence-corrected chi connectivity index (χ1v) is 7.51. The van der Waals surface area contributed by atoms with E-state index in [0.717, 1.165) is 25.1 Å². The number of nitrogen functional groups attached to an aromatic ring is 1. The summed E-state index contributed by atoms with van der Waals surface area (Å²) < 4.78 is 0. The van der Waals surface area contributed by atoms with Crippen LogP contribution in [0.15, 0.2) is 12.3 Å². The van der Waals surface area contributed by atoms with Crippen LogP contribution in [-0.4, -0.2) is 34.3 Å². The summed E-state index contributed by atoms with van der Waals surface area (Å²) in [6.07, 6.45) is 6.10. The molecule has 0 bridgehead atoms. The fourth-order valence-corrected chi connectivity index (χ4v) is 2.97. The lowest BCUT2D eigenvalue weighted by Crippen LogP contribution is -2.54. The van der Waals surface area contributed by atoms with E-state index in [1.165, 1.54) is 19.3 Å². The smallest absolute Gasteiger partial charge is 0.186 e. The second-order valence-corrected chi connectivity index (χ2v) is 5.95. The maximum absolute atomic E-state index is 13.0. The Bertz CT molecular complexity index is 494. The lowest BCUT2D eigenvalue weighted by atomic mass is 9.85. The molecule has 1 aromatic rings. The number of aryl methyl sites for hydroxylation is 1. The number of Topliss-reactive ketones (excluding diaryl/α,β-unsaturated/α-hetero) is 1. The molecule has 4 heteroatoms. The van der Waals surface area contributed by atoms with Crippen LogP contribution in [0.3, 0.4) is 0 Å². The second kappa shape index (κ2) is 5.92. The van der Waals surface area contributed by atoms with Gasteiger partial charge in [-0.15, -0.1) is 0 Å². The van der Waals surface area contributed by atoms with E-state index in [1.54, 1.807) is 6.20 Å². The van der Waals surface area contributed by atoms with Crippen molar-refractivity contribution in [1.82, 2.24) is 9.88 Å². The topological polar surface area (TPSA) is 59.2 Å². The summed E-state index contributed by atoms with van der Waals surface area (Å²) in [7, 11) is 0. The van der Waals surface area contributed by atoms with Gasteiger partial charge in [-0.05, 0) is 57.8 Å². The monoisotopic (exact) mass is 275 g/mol. The highest BCUT2D eigenvalue weighted by molar-refractivity contribution is 6.06. The number of rotatable bonds is 4. The lowest BCUT2D eigenvalue weighted by molar-refractivity contribution is 0.0506. The number of carbonyl (C=O) groups is 1. The Balaban J connectivity index is 2.34. The summed E-state index contributed by atoms with van der Waals surface area (Å²) in [6, 6.07) is 1.86. The molecule has 110 valence electrons. The van der Waals surface area contributed by atoms with Crippen LogP contribution < -0.4 is 5.73 Å². The third-order valence-electron chi connectivity index (χ3n) is 4.53. The highest BCUT2D eigenvalue weighted by atomic mass is 16.1. The van der Waals surface area contributed by atoms with Crippen LogP contribution in [0.4, 0.5) is 5.82 Å². The number of aromatic nitrogens is 1. The molecule has 1 aliphatic rings. The summed E-state index contributed by atoms with van der Waals surface area (Å²) in [5.41, 5.74) is 6.99. The molecule has 2 rings (SSSR count). The van der Waals surface area contributed by atoms with Crippen LogP contribution in [0.5, 0.6) is 0 Å². The molecule has 4 nitrogen and oxygen atoms in total. The largest absolute Gasteiger partial charge is 0.383 e. The van der Waals surface area contributed by atoms with Crippen molar-refractivity contribution in [2.75, 3.05) is 18.8 Å². The van der Waals surface area contributed by atoms with Crippen molar-refractivity contribution in [1.29, 1.82) is 0 Å². The van der Waals surface area contributed by atoms with E-state index >= 15 is 0 Å². The third kappa shape index (κ3) is 2.70. The molecule has 0 aromatic carbocycles. The van der Waals surface area contributed by atoms with Gasteiger partial charge in [-0.2, -0.15) is 0 Å². The van der Waals surface area contributed by atoms with E-state index < -0.39 is 5.54 Å². The van der Waals surface area contributed by atoms with Crippen LogP contribution in [0.25, 0.3) is 0 Å². The molecular weight excluding hydrogens is 250 g/mol. The van der Waals surface area contributed by atoms with E-state index in [4.69, 9.17) is 5.73 Å². The maximum atomic E-state index is 13.0. The van der Waals surface area contributed by atoms with Crippen molar-refractivity contribution >= 4 is 11.6 Å². The standard InChI is InChI=1S/C16H25N3O/c1-4-16(3,19-8-6-5-7-9-19)14(20)13-10-12(2)11-18-15(13)17/h10-11H,4-9H2,1-3H3,(H2,17,18). The molecule has 0 radical (unpaired) electrons. The Labute approximate surface area is 121 Å². The molecule has 0 spiro atoms. The molecule has 1 fully saturated rings. The van der Waals surface area contributed by atoms with Gasteiger partial charge in [0.25, 0.3) is 0 Å². The number of hydrogen-bond acceptors (Lipinski definition) is 4. The van der Waals surface area contributed by atoms with Gasteiger partial charge < -0.3 is 5.73 Å². The minimum Gasteiger partial charge on any atom is -0.383 e. The van der Waals surface area contributed by atoms with Gasteiger partial charge in [0.2, 0.25) is 0 Å². The zero-order chi connectivity index (χ0) is 14.8. The van der Waals surface area contributed by atoms with Gasteiger partial charge in [-0.25, -0.2) is 4.98 Å². The molecule has 1 saturated heterocycles. The average molecular weight is 275 g/mol. The summed E-state index contributed by atoms with van der Waals surface area (Å²) in [5, 5.41) is 0. The Kier molecular flexibility index (Phi) is 4.43. The minimum atomic E-state index is -0.468. The van der Waals surface area contributed by atoms with Gasteiger partial charge in [0.05, 0.1) is 11.1 Å². The van der Waals surface area contributed by atoms with Crippen molar-refractivity contribution in [2.24, 2.45) is 0 Å². The fourth-order valence-electron chi connectivity index (χ4n) is 2.97. The van der Waals surface area contributed by atoms with Gasteiger partial charge in [-0.1, -0.05) is 13.3 Å². The Morgan fingerprint density at radius 1 is 1.40 bits per heavy atom.